The van der Waals surface area contributed by atoms with Crippen molar-refractivity contribution in [3.63, 3.8) is 0 Å². The van der Waals surface area contributed by atoms with Gasteiger partial charge in [0.2, 0.25) is 10.0 Å². The highest BCUT2D eigenvalue weighted by Gasteiger charge is 2.62. The molecule has 234 valence electrons. The Kier molecular flexibility index (Phi) is 8.18. The van der Waals surface area contributed by atoms with Crippen molar-refractivity contribution in [1.29, 1.82) is 0 Å². The Labute approximate surface area is 251 Å². The number of hydrogen-bond donors (Lipinski definition) is 3. The minimum Gasteiger partial charge on any atom is -0.376 e. The fourth-order valence-corrected chi connectivity index (χ4v) is 7.32. The van der Waals surface area contributed by atoms with E-state index in [0.29, 0.717) is 25.1 Å². The molecule has 1 aromatic heterocycles. The largest absolute Gasteiger partial charge is 0.376 e. The average molecular weight is 646 g/mol. The molecule has 0 spiro atoms. The van der Waals surface area contributed by atoms with Crippen LogP contribution in [0.15, 0.2) is 18.2 Å². The minimum atomic E-state index is -3.48. The fraction of sp³-hybridized carbons (Fsp3) is 0.519. The van der Waals surface area contributed by atoms with Crippen LogP contribution in [0.2, 0.25) is 5.02 Å². The maximum Gasteiger partial charge on any atom is 0.293 e. The number of alkyl halides is 2. The number of rotatable bonds is 8. The topological polar surface area (TPSA) is 141 Å². The highest BCUT2D eigenvalue weighted by Crippen LogP contribution is 2.48. The molecule has 2 amide bonds. The van der Waals surface area contributed by atoms with E-state index in [9.17, 15) is 41.1 Å². The lowest BCUT2D eigenvalue weighted by Gasteiger charge is -2.53. The molecule has 0 radical (unpaired) electrons. The van der Waals surface area contributed by atoms with Crippen LogP contribution in [0.5, 0.6) is 0 Å². The summed E-state index contributed by atoms with van der Waals surface area (Å²) in [6.45, 7) is 2.03. The monoisotopic (exact) mass is 645 g/mol. The van der Waals surface area contributed by atoms with Crippen molar-refractivity contribution in [3.8, 4) is 0 Å². The van der Waals surface area contributed by atoms with Crippen molar-refractivity contribution in [2.45, 2.75) is 56.8 Å². The summed E-state index contributed by atoms with van der Waals surface area (Å²) in [6, 6.07) is 3.64. The number of hydrogen-bond acceptors (Lipinski definition) is 7. The van der Waals surface area contributed by atoms with Gasteiger partial charge in [-0.3, -0.25) is 19.3 Å². The SMILES string of the molecule is Cc1c(C(=O)C(=O)NC2(C(O)N3CCN(S(C)(=O)=O)CC3)CC(F)(F)C2)c2n(c1C(=O)Nc1ccc(F)c(Cl)c1)CCC2. The molecule has 1 aromatic carbocycles. The number of benzene rings is 1. The number of Topliss-reactive ketones (excluding diaryl/α,β-unsaturated/α-hetero) is 1. The Balaban J connectivity index is 1.37. The van der Waals surface area contributed by atoms with Gasteiger partial charge in [-0.05, 0) is 43.5 Å². The lowest BCUT2D eigenvalue weighted by atomic mass is 9.71. The molecule has 2 aliphatic heterocycles. The quantitative estimate of drug-likeness (QED) is 0.295. The molecule has 1 saturated carbocycles. The van der Waals surface area contributed by atoms with Crippen LogP contribution in [0.1, 0.15) is 51.4 Å². The normalized spacial score (nSPS) is 20.6. The van der Waals surface area contributed by atoms with Crippen molar-refractivity contribution < 1.29 is 41.1 Å². The second kappa shape index (κ2) is 11.2. The fourth-order valence-electron chi connectivity index (χ4n) is 6.31. The molecule has 43 heavy (non-hydrogen) atoms. The Morgan fingerprint density at radius 2 is 1.74 bits per heavy atom. The minimum absolute atomic E-state index is 0.0187. The summed E-state index contributed by atoms with van der Waals surface area (Å²) in [5.74, 6) is -6.70. The molecular weight excluding hydrogens is 615 g/mol. The lowest BCUT2D eigenvalue weighted by Crippen LogP contribution is -2.73. The molecule has 1 saturated heterocycles. The van der Waals surface area contributed by atoms with Gasteiger partial charge in [-0.1, -0.05) is 11.6 Å². The molecule has 3 N–H and O–H groups in total. The number of nitrogens with one attached hydrogen (secondary N) is 2. The van der Waals surface area contributed by atoms with E-state index in [2.05, 4.69) is 10.6 Å². The van der Waals surface area contributed by atoms with Gasteiger partial charge in [0, 0.05) is 56.9 Å². The van der Waals surface area contributed by atoms with Crippen LogP contribution >= 0.6 is 11.6 Å². The number of aromatic nitrogens is 1. The second-order valence-electron chi connectivity index (χ2n) is 11.4. The number of carbonyl (C=O) groups excluding carboxylic acids is 3. The maximum atomic E-state index is 14.2. The van der Waals surface area contributed by atoms with Crippen LogP contribution in [0.3, 0.4) is 0 Å². The maximum absolute atomic E-state index is 14.2. The highest BCUT2D eigenvalue weighted by atomic mass is 35.5. The molecule has 5 rings (SSSR count). The summed E-state index contributed by atoms with van der Waals surface area (Å²) in [5.41, 5.74) is -0.861. The molecule has 0 bridgehead atoms. The number of amides is 2. The number of piperazine rings is 1. The van der Waals surface area contributed by atoms with E-state index >= 15 is 0 Å². The van der Waals surface area contributed by atoms with Gasteiger partial charge >= 0.3 is 0 Å². The zero-order valence-corrected chi connectivity index (χ0v) is 25.0. The van der Waals surface area contributed by atoms with Gasteiger partial charge in [-0.25, -0.2) is 21.6 Å². The third-order valence-electron chi connectivity index (χ3n) is 8.33. The lowest BCUT2D eigenvalue weighted by molar-refractivity contribution is -0.202. The van der Waals surface area contributed by atoms with Crippen LogP contribution in [0.4, 0.5) is 18.9 Å². The first kappa shape index (κ1) is 31.4. The smallest absolute Gasteiger partial charge is 0.293 e. The molecule has 1 aliphatic carbocycles. The number of halogens is 4. The molecule has 16 heteroatoms. The molecule has 3 aliphatic rings. The van der Waals surface area contributed by atoms with E-state index in [1.54, 1.807) is 4.57 Å². The predicted molar refractivity (Wildman–Crippen MR) is 150 cm³/mol. The van der Waals surface area contributed by atoms with Gasteiger partial charge < -0.3 is 20.3 Å². The van der Waals surface area contributed by atoms with Gasteiger partial charge in [0.25, 0.3) is 23.5 Å². The summed E-state index contributed by atoms with van der Waals surface area (Å²) < 4.78 is 68.4. The Morgan fingerprint density at radius 3 is 2.33 bits per heavy atom. The van der Waals surface area contributed by atoms with E-state index in [1.165, 1.54) is 28.3 Å². The molecule has 11 nitrogen and oxygen atoms in total. The van der Waals surface area contributed by atoms with Crippen molar-refractivity contribution in [2.24, 2.45) is 0 Å². The van der Waals surface area contributed by atoms with E-state index < -0.39 is 64.0 Å². The second-order valence-corrected chi connectivity index (χ2v) is 13.7. The van der Waals surface area contributed by atoms with E-state index in [4.69, 9.17) is 11.6 Å². The van der Waals surface area contributed by atoms with Crippen LogP contribution < -0.4 is 10.6 Å². The number of ketones is 1. The molecule has 1 atom stereocenters. The first-order valence-electron chi connectivity index (χ1n) is 13.6. The first-order chi connectivity index (χ1) is 20.0. The van der Waals surface area contributed by atoms with Crippen LogP contribution in [-0.2, 0) is 27.8 Å². The standard InChI is InChI=1S/C27H31ClF3N5O6S/c1-15-20(19-4-3-7-36(19)21(15)23(38)32-16-5-6-18(29)17(28)12-16)22(37)24(39)33-26(13-27(30,31)14-26)25(40)34-8-10-35(11-9-34)43(2,41)42/h5-6,12,25,40H,3-4,7-11,13-14H2,1-2H3,(H,32,38)(H,33,39). The third kappa shape index (κ3) is 5.92. The zero-order valence-electron chi connectivity index (χ0n) is 23.4. The number of aliphatic hydroxyl groups excluding tert-OH is 1. The van der Waals surface area contributed by atoms with Crippen molar-refractivity contribution in [1.82, 2.24) is 19.1 Å². The van der Waals surface area contributed by atoms with E-state index in [0.717, 1.165) is 12.3 Å². The average Bonchev–Trinajstić information content (AvgIpc) is 3.47. The van der Waals surface area contributed by atoms with Gasteiger partial charge in [-0.15, -0.1) is 0 Å². The zero-order chi connectivity index (χ0) is 31.5. The molecular formula is C27H31ClF3N5O6S. The number of nitrogens with zero attached hydrogens (tertiary/aromatic N) is 3. The van der Waals surface area contributed by atoms with Gasteiger partial charge in [0.05, 0.1) is 22.4 Å². The van der Waals surface area contributed by atoms with Crippen molar-refractivity contribution in [2.75, 3.05) is 37.8 Å². The number of fused-ring (bicyclic) bond motifs is 1. The van der Waals surface area contributed by atoms with E-state index in [1.807, 2.05) is 0 Å². The van der Waals surface area contributed by atoms with Gasteiger partial charge in [0.1, 0.15) is 17.7 Å². The van der Waals surface area contributed by atoms with Crippen LogP contribution in [0.25, 0.3) is 0 Å². The Bertz CT molecular complexity index is 1600. The third-order valence-corrected chi connectivity index (χ3v) is 9.92. The summed E-state index contributed by atoms with van der Waals surface area (Å²) >= 11 is 5.82. The van der Waals surface area contributed by atoms with Crippen molar-refractivity contribution >= 4 is 44.9 Å². The van der Waals surface area contributed by atoms with Gasteiger partial charge in [0.15, 0.2) is 0 Å². The van der Waals surface area contributed by atoms with E-state index in [-0.39, 0.29) is 53.7 Å². The number of anilines is 1. The molecule has 2 aromatic rings. The molecule has 1 unspecified atom stereocenters. The number of carbonyl (C=O) groups is 3. The first-order valence-corrected chi connectivity index (χ1v) is 15.9. The van der Waals surface area contributed by atoms with Crippen LogP contribution in [-0.4, -0.2) is 95.0 Å². The summed E-state index contributed by atoms with van der Waals surface area (Å²) in [4.78, 5) is 41.6. The summed E-state index contributed by atoms with van der Waals surface area (Å²) in [6.07, 6.45) is -1.39. The number of sulfonamides is 1. The molecule has 2 fully saturated rings. The van der Waals surface area contributed by atoms with Gasteiger partial charge in [-0.2, -0.15) is 4.31 Å². The predicted octanol–water partition coefficient (Wildman–Crippen LogP) is 2.15. The highest BCUT2D eigenvalue weighted by molar-refractivity contribution is 7.88. The number of aliphatic hydroxyl groups is 1. The Hall–Kier alpha value is -2.98. The van der Waals surface area contributed by atoms with Crippen molar-refractivity contribution in [3.05, 3.63) is 51.6 Å². The summed E-state index contributed by atoms with van der Waals surface area (Å²) in [5, 5.41) is 15.9. The molecule has 3 heterocycles. The van der Waals surface area contributed by atoms with Crippen LogP contribution in [0, 0.1) is 12.7 Å². The summed E-state index contributed by atoms with van der Waals surface area (Å²) in [7, 11) is -3.48. The Morgan fingerprint density at radius 1 is 1.09 bits per heavy atom.